The summed E-state index contributed by atoms with van der Waals surface area (Å²) in [6, 6.07) is 0. The molecule has 2 heteroatoms. The molecule has 0 N–H and O–H groups in total. The average Bonchev–Trinajstić information content (AvgIpc) is 2.42. The van der Waals surface area contributed by atoms with E-state index in [0.717, 1.165) is 12.8 Å². The number of esters is 1. The molecule has 0 saturated carbocycles. The highest BCUT2D eigenvalue weighted by Crippen LogP contribution is 2.11. The Kier molecular flexibility index (Phi) is 14.5. The molecule has 0 radical (unpaired) electrons. The van der Waals surface area contributed by atoms with Crippen molar-refractivity contribution in [3.8, 4) is 0 Å². The van der Waals surface area contributed by atoms with Crippen molar-refractivity contribution in [2.75, 3.05) is 0 Å². The first-order valence-corrected chi connectivity index (χ1v) is 8.90. The standard InChI is InChI=1S/C18H36O2/c1-4-6-8-10-11-12-14-16-18(19)20-17(3)15-13-9-7-5-2/h17H,4-16H2,1-3H3. The molecule has 120 valence electrons. The van der Waals surface area contributed by atoms with Gasteiger partial charge in [0.1, 0.15) is 0 Å². The monoisotopic (exact) mass is 284 g/mol. The molecule has 0 aromatic heterocycles. The molecule has 0 bridgehead atoms. The Morgan fingerprint density at radius 1 is 0.800 bits per heavy atom. The molecule has 0 saturated heterocycles. The molecule has 1 unspecified atom stereocenters. The molecule has 0 heterocycles. The Hall–Kier alpha value is -0.530. The van der Waals surface area contributed by atoms with Gasteiger partial charge in [0.15, 0.2) is 0 Å². The van der Waals surface area contributed by atoms with Crippen LogP contribution >= 0.6 is 0 Å². The van der Waals surface area contributed by atoms with Gasteiger partial charge in [-0.3, -0.25) is 4.79 Å². The molecular weight excluding hydrogens is 248 g/mol. The molecule has 0 spiro atoms. The van der Waals surface area contributed by atoms with Gasteiger partial charge in [-0.1, -0.05) is 71.6 Å². The third kappa shape index (κ3) is 13.9. The van der Waals surface area contributed by atoms with Gasteiger partial charge in [-0.25, -0.2) is 0 Å². The predicted octanol–water partition coefficient (Wildman–Crippen LogP) is 6.03. The lowest BCUT2D eigenvalue weighted by molar-refractivity contribution is -0.148. The van der Waals surface area contributed by atoms with E-state index in [-0.39, 0.29) is 12.1 Å². The lowest BCUT2D eigenvalue weighted by Gasteiger charge is -2.13. The van der Waals surface area contributed by atoms with Crippen LogP contribution in [0.25, 0.3) is 0 Å². The van der Waals surface area contributed by atoms with Gasteiger partial charge in [0.2, 0.25) is 0 Å². The first-order valence-electron chi connectivity index (χ1n) is 8.90. The van der Waals surface area contributed by atoms with E-state index in [1.165, 1.54) is 64.2 Å². The van der Waals surface area contributed by atoms with E-state index in [1.54, 1.807) is 0 Å². The van der Waals surface area contributed by atoms with E-state index < -0.39 is 0 Å². The summed E-state index contributed by atoms with van der Waals surface area (Å²) in [5.74, 6) is 0.00143. The van der Waals surface area contributed by atoms with Gasteiger partial charge in [-0.05, 0) is 26.2 Å². The fourth-order valence-electron chi connectivity index (χ4n) is 2.43. The van der Waals surface area contributed by atoms with Crippen molar-refractivity contribution >= 4 is 5.97 Å². The van der Waals surface area contributed by atoms with Crippen LogP contribution in [0.1, 0.15) is 104 Å². The molecule has 0 aliphatic heterocycles. The number of rotatable bonds is 14. The van der Waals surface area contributed by atoms with Gasteiger partial charge in [0.25, 0.3) is 0 Å². The Labute approximate surface area is 126 Å². The number of ether oxygens (including phenoxy) is 1. The van der Waals surface area contributed by atoms with E-state index >= 15 is 0 Å². The average molecular weight is 284 g/mol. The lowest BCUT2D eigenvalue weighted by atomic mass is 10.1. The summed E-state index contributed by atoms with van der Waals surface area (Å²) in [4.78, 5) is 11.7. The van der Waals surface area contributed by atoms with E-state index in [9.17, 15) is 4.79 Å². The molecule has 1 atom stereocenters. The minimum atomic E-state index is 0.00143. The Morgan fingerprint density at radius 2 is 1.30 bits per heavy atom. The van der Waals surface area contributed by atoms with Crippen molar-refractivity contribution in [1.29, 1.82) is 0 Å². The molecule has 0 aromatic carbocycles. The van der Waals surface area contributed by atoms with Crippen LogP contribution in [0.2, 0.25) is 0 Å². The Bertz CT molecular complexity index is 213. The van der Waals surface area contributed by atoms with Crippen molar-refractivity contribution in [3.05, 3.63) is 0 Å². The summed E-state index contributed by atoms with van der Waals surface area (Å²) in [6.45, 7) is 6.47. The van der Waals surface area contributed by atoms with Gasteiger partial charge in [-0.15, -0.1) is 0 Å². The lowest BCUT2D eigenvalue weighted by Crippen LogP contribution is -2.14. The third-order valence-electron chi connectivity index (χ3n) is 3.78. The zero-order valence-electron chi connectivity index (χ0n) is 14.1. The zero-order chi connectivity index (χ0) is 15.1. The maximum absolute atomic E-state index is 11.7. The predicted molar refractivity (Wildman–Crippen MR) is 86.9 cm³/mol. The van der Waals surface area contributed by atoms with E-state index in [4.69, 9.17) is 4.74 Å². The fraction of sp³-hybridized carbons (Fsp3) is 0.944. The summed E-state index contributed by atoms with van der Waals surface area (Å²) >= 11 is 0. The smallest absolute Gasteiger partial charge is 0.306 e. The second-order valence-electron chi connectivity index (χ2n) is 6.02. The molecule has 0 aromatic rings. The second-order valence-corrected chi connectivity index (χ2v) is 6.02. The number of hydrogen-bond acceptors (Lipinski definition) is 2. The van der Waals surface area contributed by atoms with Crippen molar-refractivity contribution < 1.29 is 9.53 Å². The minimum absolute atomic E-state index is 0.00143. The van der Waals surface area contributed by atoms with Crippen LogP contribution < -0.4 is 0 Å². The van der Waals surface area contributed by atoms with Crippen LogP contribution in [-0.4, -0.2) is 12.1 Å². The van der Waals surface area contributed by atoms with E-state index in [2.05, 4.69) is 13.8 Å². The summed E-state index contributed by atoms with van der Waals surface area (Å²) in [5.41, 5.74) is 0. The molecule has 0 amide bonds. The SMILES string of the molecule is CCCCCCCCCC(=O)OC(C)CCCCCC. The second kappa shape index (κ2) is 14.9. The summed E-state index contributed by atoms with van der Waals surface area (Å²) in [7, 11) is 0. The molecule has 0 fully saturated rings. The Morgan fingerprint density at radius 3 is 1.90 bits per heavy atom. The largest absolute Gasteiger partial charge is 0.463 e. The number of hydrogen-bond donors (Lipinski definition) is 0. The Balaban J connectivity index is 3.34. The first kappa shape index (κ1) is 19.5. The van der Waals surface area contributed by atoms with Crippen LogP contribution in [-0.2, 0) is 9.53 Å². The summed E-state index contributed by atoms with van der Waals surface area (Å²) < 4.78 is 5.44. The molecule has 0 aliphatic rings. The molecule has 2 nitrogen and oxygen atoms in total. The first-order chi connectivity index (χ1) is 9.70. The van der Waals surface area contributed by atoms with Crippen LogP contribution in [0, 0.1) is 0 Å². The summed E-state index contributed by atoms with van der Waals surface area (Å²) in [5, 5.41) is 0. The van der Waals surface area contributed by atoms with Crippen LogP contribution in [0.15, 0.2) is 0 Å². The van der Waals surface area contributed by atoms with Gasteiger partial charge in [0, 0.05) is 6.42 Å². The topological polar surface area (TPSA) is 26.3 Å². The van der Waals surface area contributed by atoms with Gasteiger partial charge < -0.3 is 4.74 Å². The van der Waals surface area contributed by atoms with Crippen LogP contribution in [0.3, 0.4) is 0 Å². The van der Waals surface area contributed by atoms with E-state index in [0.29, 0.717) is 6.42 Å². The van der Waals surface area contributed by atoms with Crippen molar-refractivity contribution in [2.45, 2.75) is 110 Å². The normalized spacial score (nSPS) is 12.3. The fourth-order valence-corrected chi connectivity index (χ4v) is 2.43. The maximum atomic E-state index is 11.7. The van der Waals surface area contributed by atoms with Crippen LogP contribution in [0.4, 0.5) is 0 Å². The molecule has 20 heavy (non-hydrogen) atoms. The van der Waals surface area contributed by atoms with E-state index in [1.807, 2.05) is 6.92 Å². The van der Waals surface area contributed by atoms with Gasteiger partial charge in [-0.2, -0.15) is 0 Å². The van der Waals surface area contributed by atoms with Crippen LogP contribution in [0.5, 0.6) is 0 Å². The van der Waals surface area contributed by atoms with Crippen molar-refractivity contribution in [3.63, 3.8) is 0 Å². The highest BCUT2D eigenvalue weighted by Gasteiger charge is 2.08. The highest BCUT2D eigenvalue weighted by atomic mass is 16.5. The van der Waals surface area contributed by atoms with Crippen molar-refractivity contribution in [1.82, 2.24) is 0 Å². The summed E-state index contributed by atoms with van der Waals surface area (Å²) in [6.07, 6.45) is 15.4. The highest BCUT2D eigenvalue weighted by molar-refractivity contribution is 5.69. The maximum Gasteiger partial charge on any atom is 0.306 e. The molecular formula is C18H36O2. The molecule has 0 rings (SSSR count). The zero-order valence-corrected chi connectivity index (χ0v) is 14.1. The molecule has 0 aliphatic carbocycles. The van der Waals surface area contributed by atoms with Gasteiger partial charge >= 0.3 is 5.97 Å². The minimum Gasteiger partial charge on any atom is -0.463 e. The number of carbonyl (C=O) groups is 1. The number of carbonyl (C=O) groups excluding carboxylic acids is 1. The quantitative estimate of drug-likeness (QED) is 0.287. The van der Waals surface area contributed by atoms with Crippen molar-refractivity contribution in [2.24, 2.45) is 0 Å². The number of unbranched alkanes of at least 4 members (excludes halogenated alkanes) is 9. The van der Waals surface area contributed by atoms with Gasteiger partial charge in [0.05, 0.1) is 6.10 Å². The third-order valence-corrected chi connectivity index (χ3v) is 3.78.